The van der Waals surface area contributed by atoms with Gasteiger partial charge in [0.05, 0.1) is 46.9 Å². The van der Waals surface area contributed by atoms with Gasteiger partial charge in [0, 0.05) is 52.1 Å². The predicted octanol–water partition coefficient (Wildman–Crippen LogP) is 15.1. The third-order valence-electron chi connectivity index (χ3n) is 9.15. The number of hydrogen-bond donors (Lipinski definition) is 2. The maximum absolute atomic E-state index is 5.67. The molecule has 7 aromatic carbocycles. The van der Waals surface area contributed by atoms with E-state index in [2.05, 4.69) is 89.7 Å². The standard InChI is InChI=1S/C45H42N10O/c1-6-46-39-22-24-41(36-14-10-8-12-34(36)39)52-48-31-16-18-32(19-17-31)49-54-43-28-45(56-5)44(27-30(43)4)55-51-38-21-20-33(26-29(38)3)50-53-42-25-23-40(47-7-2)35-13-9-11-15-37(35)42/h8-28,46-47H,6-7H2,1-5H3. The minimum Gasteiger partial charge on any atom is -0.494 e. The first-order chi connectivity index (χ1) is 27.4. The fourth-order valence-corrected chi connectivity index (χ4v) is 6.28. The van der Waals surface area contributed by atoms with Crippen molar-refractivity contribution in [3.8, 4) is 5.75 Å². The van der Waals surface area contributed by atoms with Crippen molar-refractivity contribution in [1.29, 1.82) is 0 Å². The lowest BCUT2D eigenvalue weighted by Gasteiger charge is -2.09. The number of hydrogen-bond acceptors (Lipinski definition) is 11. The Balaban J connectivity index is 1.02. The Morgan fingerprint density at radius 2 is 0.839 bits per heavy atom. The number of ether oxygens (including phenoxy) is 1. The van der Waals surface area contributed by atoms with Gasteiger partial charge in [0.1, 0.15) is 11.4 Å². The van der Waals surface area contributed by atoms with Crippen LogP contribution in [-0.4, -0.2) is 20.2 Å². The van der Waals surface area contributed by atoms with Crippen LogP contribution in [0.1, 0.15) is 25.0 Å². The van der Waals surface area contributed by atoms with E-state index in [1.54, 1.807) is 7.11 Å². The van der Waals surface area contributed by atoms with Crippen LogP contribution < -0.4 is 15.4 Å². The largest absolute Gasteiger partial charge is 0.494 e. The summed E-state index contributed by atoms with van der Waals surface area (Å²) in [5, 5.41) is 47.3. The smallest absolute Gasteiger partial charge is 0.148 e. The molecule has 0 fully saturated rings. The van der Waals surface area contributed by atoms with Gasteiger partial charge in [0.25, 0.3) is 0 Å². The monoisotopic (exact) mass is 738 g/mol. The highest BCUT2D eigenvalue weighted by Gasteiger charge is 2.10. The van der Waals surface area contributed by atoms with Crippen LogP contribution in [-0.2, 0) is 0 Å². The molecule has 2 N–H and O–H groups in total. The van der Waals surface area contributed by atoms with Crippen molar-refractivity contribution >= 4 is 78.4 Å². The first-order valence-corrected chi connectivity index (χ1v) is 18.5. The van der Waals surface area contributed by atoms with Crippen LogP contribution in [0, 0.1) is 13.8 Å². The normalized spacial score (nSPS) is 11.9. The van der Waals surface area contributed by atoms with Crippen LogP contribution >= 0.6 is 0 Å². The molecule has 0 atom stereocenters. The molecular formula is C45H42N10O. The number of anilines is 2. The molecular weight excluding hydrogens is 697 g/mol. The van der Waals surface area contributed by atoms with Crippen LogP contribution in [0.3, 0.4) is 0 Å². The second-order valence-corrected chi connectivity index (χ2v) is 13.0. The summed E-state index contributed by atoms with van der Waals surface area (Å²) in [4.78, 5) is 0. The summed E-state index contributed by atoms with van der Waals surface area (Å²) in [6.07, 6.45) is 0. The highest BCUT2D eigenvalue weighted by Crippen LogP contribution is 2.38. The van der Waals surface area contributed by atoms with Crippen molar-refractivity contribution in [2.24, 2.45) is 40.9 Å². The van der Waals surface area contributed by atoms with Gasteiger partial charge in [-0.1, -0.05) is 48.5 Å². The maximum atomic E-state index is 5.67. The molecule has 56 heavy (non-hydrogen) atoms. The van der Waals surface area contributed by atoms with Crippen molar-refractivity contribution in [2.75, 3.05) is 30.8 Å². The fourth-order valence-electron chi connectivity index (χ4n) is 6.28. The van der Waals surface area contributed by atoms with E-state index in [4.69, 9.17) is 4.74 Å². The number of aryl methyl sites for hydroxylation is 2. The number of nitrogens with zero attached hydrogens (tertiary/aromatic N) is 8. The van der Waals surface area contributed by atoms with Gasteiger partial charge in [-0.2, -0.15) is 25.6 Å². The van der Waals surface area contributed by atoms with Crippen molar-refractivity contribution in [2.45, 2.75) is 27.7 Å². The second-order valence-electron chi connectivity index (χ2n) is 13.0. The van der Waals surface area contributed by atoms with Crippen molar-refractivity contribution < 1.29 is 4.74 Å². The van der Waals surface area contributed by atoms with Crippen LogP contribution in [0.2, 0.25) is 0 Å². The summed E-state index contributed by atoms with van der Waals surface area (Å²) >= 11 is 0. The average Bonchev–Trinajstić information content (AvgIpc) is 3.23. The number of benzene rings is 7. The molecule has 11 nitrogen and oxygen atoms in total. The Morgan fingerprint density at radius 1 is 0.411 bits per heavy atom. The lowest BCUT2D eigenvalue weighted by Crippen LogP contribution is -1.96. The minimum atomic E-state index is 0.533. The summed E-state index contributed by atoms with van der Waals surface area (Å²) in [5.41, 5.74) is 9.64. The van der Waals surface area contributed by atoms with Gasteiger partial charge >= 0.3 is 0 Å². The molecule has 0 saturated heterocycles. The van der Waals surface area contributed by atoms with Gasteiger partial charge < -0.3 is 15.4 Å². The van der Waals surface area contributed by atoms with Crippen molar-refractivity contribution in [1.82, 2.24) is 0 Å². The molecule has 7 aromatic rings. The van der Waals surface area contributed by atoms with Crippen LogP contribution in [0.5, 0.6) is 5.75 Å². The molecule has 0 bridgehead atoms. The molecule has 0 aromatic heterocycles. The molecule has 0 unspecified atom stereocenters. The van der Waals surface area contributed by atoms with Crippen LogP contribution in [0.4, 0.5) is 56.9 Å². The second kappa shape index (κ2) is 17.3. The third-order valence-corrected chi connectivity index (χ3v) is 9.15. The zero-order valence-corrected chi connectivity index (χ0v) is 32.0. The summed E-state index contributed by atoms with van der Waals surface area (Å²) in [6.45, 7) is 9.78. The predicted molar refractivity (Wildman–Crippen MR) is 228 cm³/mol. The van der Waals surface area contributed by atoms with E-state index >= 15 is 0 Å². The van der Waals surface area contributed by atoms with E-state index in [9.17, 15) is 0 Å². The molecule has 0 amide bonds. The lowest BCUT2D eigenvalue weighted by atomic mass is 10.1. The molecule has 0 saturated carbocycles. The van der Waals surface area contributed by atoms with Gasteiger partial charge in [-0.3, -0.25) is 0 Å². The molecule has 0 aliphatic heterocycles. The number of methoxy groups -OCH3 is 1. The summed E-state index contributed by atoms with van der Waals surface area (Å²) in [7, 11) is 1.60. The van der Waals surface area contributed by atoms with Gasteiger partial charge in [-0.05, 0) is 112 Å². The zero-order chi connectivity index (χ0) is 38.9. The average molecular weight is 739 g/mol. The number of azo groups is 4. The number of fused-ring (bicyclic) bond motifs is 2. The minimum absolute atomic E-state index is 0.533. The van der Waals surface area contributed by atoms with E-state index in [0.717, 1.165) is 74.2 Å². The molecule has 278 valence electrons. The molecule has 0 radical (unpaired) electrons. The van der Waals surface area contributed by atoms with Crippen molar-refractivity contribution in [3.05, 3.63) is 139 Å². The Bertz CT molecular complexity index is 2630. The summed E-state index contributed by atoms with van der Waals surface area (Å²) in [6, 6.07) is 41.3. The van der Waals surface area contributed by atoms with E-state index in [1.165, 1.54) is 0 Å². The first-order valence-electron chi connectivity index (χ1n) is 18.5. The summed E-state index contributed by atoms with van der Waals surface area (Å²) in [5.74, 6) is 0.533. The Morgan fingerprint density at radius 3 is 1.36 bits per heavy atom. The van der Waals surface area contributed by atoms with Gasteiger partial charge in [0.15, 0.2) is 0 Å². The summed E-state index contributed by atoms with van der Waals surface area (Å²) < 4.78 is 5.67. The molecule has 0 aliphatic rings. The molecule has 7 rings (SSSR count). The zero-order valence-electron chi connectivity index (χ0n) is 32.0. The topological polar surface area (TPSA) is 132 Å². The van der Waals surface area contributed by atoms with Crippen molar-refractivity contribution in [3.63, 3.8) is 0 Å². The van der Waals surface area contributed by atoms with Gasteiger partial charge in [-0.25, -0.2) is 0 Å². The molecule has 0 spiro atoms. The SMILES string of the molecule is CCNc1ccc(N=Nc2ccc(N=Nc3cc(OC)c(N=Nc4ccc(N=Nc5ccc(NCC)c6ccccc56)cc4C)cc3C)cc2)c2ccccc12. The van der Waals surface area contributed by atoms with Crippen LogP contribution in [0.25, 0.3) is 21.5 Å². The molecule has 11 heteroatoms. The Hall–Kier alpha value is -7.14. The van der Waals surface area contributed by atoms with E-state index in [0.29, 0.717) is 34.2 Å². The quantitative estimate of drug-likeness (QED) is 0.114. The Labute approximate surface area is 326 Å². The lowest BCUT2D eigenvalue weighted by molar-refractivity contribution is 0.416. The van der Waals surface area contributed by atoms with E-state index in [-0.39, 0.29) is 0 Å². The van der Waals surface area contributed by atoms with E-state index < -0.39 is 0 Å². The first kappa shape index (κ1) is 37.2. The van der Waals surface area contributed by atoms with Crippen LogP contribution in [0.15, 0.2) is 168 Å². The number of nitrogens with one attached hydrogen (secondary N) is 2. The highest BCUT2D eigenvalue weighted by molar-refractivity contribution is 6.01. The maximum Gasteiger partial charge on any atom is 0.148 e. The Kier molecular flexibility index (Phi) is 11.5. The molecule has 0 aliphatic carbocycles. The highest BCUT2D eigenvalue weighted by atomic mass is 16.5. The fraction of sp³-hybridized carbons (Fsp3) is 0.156. The number of rotatable bonds is 13. The third kappa shape index (κ3) is 8.47. The van der Waals surface area contributed by atoms with Gasteiger partial charge in [0.2, 0.25) is 0 Å². The van der Waals surface area contributed by atoms with E-state index in [1.807, 2.05) is 117 Å². The molecule has 0 heterocycles. The van der Waals surface area contributed by atoms with Gasteiger partial charge in [-0.15, -0.1) is 15.3 Å².